The van der Waals surface area contributed by atoms with Crippen LogP contribution in [0.2, 0.25) is 0 Å². The maximum Gasteiger partial charge on any atom is 0.191 e. The van der Waals surface area contributed by atoms with Gasteiger partial charge in [0, 0.05) is 5.69 Å². The number of aryl methyl sites for hydroxylation is 1. The van der Waals surface area contributed by atoms with Crippen molar-refractivity contribution in [3.8, 4) is 5.75 Å². The molecule has 0 spiro atoms. The van der Waals surface area contributed by atoms with Crippen molar-refractivity contribution in [3.63, 3.8) is 0 Å². The summed E-state index contributed by atoms with van der Waals surface area (Å²) in [4.78, 5) is 0. The zero-order valence-corrected chi connectivity index (χ0v) is 13.8. The lowest BCUT2D eigenvalue weighted by atomic mass is 10.2. The molecule has 0 aliphatic rings. The van der Waals surface area contributed by atoms with Crippen LogP contribution in [0.5, 0.6) is 5.75 Å². The highest BCUT2D eigenvalue weighted by molar-refractivity contribution is 7.80. The highest BCUT2D eigenvalue weighted by Crippen LogP contribution is 2.12. The molecule has 0 fully saturated rings. The Balaban J connectivity index is 1.88. The second-order valence-electron chi connectivity index (χ2n) is 4.87. The first-order valence-electron chi connectivity index (χ1n) is 7.18. The molecule has 0 heterocycles. The molecule has 2 aromatic rings. The minimum atomic E-state index is 0.436. The van der Waals surface area contributed by atoms with E-state index in [-0.39, 0.29) is 0 Å². The van der Waals surface area contributed by atoms with E-state index in [1.807, 2.05) is 55.5 Å². The number of nitrogens with zero attached hydrogens (tertiary/aromatic N) is 1. The first kappa shape index (κ1) is 16.7. The molecule has 0 atom stereocenters. The van der Waals surface area contributed by atoms with E-state index in [1.54, 1.807) is 12.3 Å². The predicted octanol–water partition coefficient (Wildman–Crippen LogP) is 3.88. The van der Waals surface area contributed by atoms with Gasteiger partial charge >= 0.3 is 0 Å². The van der Waals surface area contributed by atoms with E-state index in [0.29, 0.717) is 11.7 Å². The average Bonchev–Trinajstić information content (AvgIpc) is 2.53. The molecular formula is C18H19N3OS. The van der Waals surface area contributed by atoms with Gasteiger partial charge in [-0.3, -0.25) is 5.43 Å². The number of hydrogen-bond acceptors (Lipinski definition) is 3. The molecule has 0 aliphatic carbocycles. The second kappa shape index (κ2) is 8.70. The van der Waals surface area contributed by atoms with E-state index in [4.69, 9.17) is 17.0 Å². The topological polar surface area (TPSA) is 45.6 Å². The molecular weight excluding hydrogens is 306 g/mol. The molecule has 0 saturated carbocycles. The van der Waals surface area contributed by atoms with E-state index >= 15 is 0 Å². The van der Waals surface area contributed by atoms with Crippen molar-refractivity contribution >= 4 is 29.2 Å². The Hall–Kier alpha value is -2.66. The Morgan fingerprint density at radius 2 is 2.09 bits per heavy atom. The summed E-state index contributed by atoms with van der Waals surface area (Å²) in [5.74, 6) is 0.773. The third kappa shape index (κ3) is 5.92. The Labute approximate surface area is 141 Å². The first-order valence-corrected chi connectivity index (χ1v) is 7.58. The quantitative estimate of drug-likeness (QED) is 0.366. The van der Waals surface area contributed by atoms with E-state index in [2.05, 4.69) is 22.4 Å². The zero-order chi connectivity index (χ0) is 16.5. The Morgan fingerprint density at radius 1 is 1.26 bits per heavy atom. The van der Waals surface area contributed by atoms with E-state index in [0.717, 1.165) is 22.6 Å². The van der Waals surface area contributed by atoms with Gasteiger partial charge < -0.3 is 10.1 Å². The first-order chi connectivity index (χ1) is 11.2. The third-order valence-electron chi connectivity index (χ3n) is 2.88. The molecule has 0 aliphatic heterocycles. The summed E-state index contributed by atoms with van der Waals surface area (Å²) >= 11 is 5.21. The van der Waals surface area contributed by atoms with Crippen LogP contribution in [-0.4, -0.2) is 17.9 Å². The Morgan fingerprint density at radius 3 is 2.87 bits per heavy atom. The van der Waals surface area contributed by atoms with Gasteiger partial charge in [0.25, 0.3) is 0 Å². The van der Waals surface area contributed by atoms with Crippen LogP contribution in [0.25, 0.3) is 0 Å². The van der Waals surface area contributed by atoms with Gasteiger partial charge in [0.05, 0.1) is 6.21 Å². The summed E-state index contributed by atoms with van der Waals surface area (Å²) in [6.45, 7) is 6.13. The van der Waals surface area contributed by atoms with Gasteiger partial charge in [0.15, 0.2) is 5.11 Å². The number of hydrogen-bond donors (Lipinski definition) is 2. The number of thiocarbonyl (C=S) groups is 1. The lowest BCUT2D eigenvalue weighted by Gasteiger charge is -2.07. The lowest BCUT2D eigenvalue weighted by Crippen LogP contribution is -2.23. The van der Waals surface area contributed by atoms with Crippen LogP contribution in [0, 0.1) is 6.92 Å². The van der Waals surface area contributed by atoms with Crippen LogP contribution in [0.4, 0.5) is 5.69 Å². The molecule has 2 aromatic carbocycles. The molecule has 0 bridgehead atoms. The summed E-state index contributed by atoms with van der Waals surface area (Å²) in [5.41, 5.74) is 5.80. The van der Waals surface area contributed by atoms with Gasteiger partial charge in [-0.2, -0.15) is 5.10 Å². The van der Waals surface area contributed by atoms with Crippen LogP contribution in [0.1, 0.15) is 11.1 Å². The fraction of sp³-hybridized carbons (Fsp3) is 0.111. The molecule has 0 unspecified atom stereocenters. The second-order valence-corrected chi connectivity index (χ2v) is 5.27. The van der Waals surface area contributed by atoms with Crippen molar-refractivity contribution < 1.29 is 4.74 Å². The van der Waals surface area contributed by atoms with Crippen molar-refractivity contribution in [1.82, 2.24) is 5.43 Å². The molecule has 2 rings (SSSR count). The molecule has 0 saturated heterocycles. The van der Waals surface area contributed by atoms with Crippen molar-refractivity contribution in [2.75, 3.05) is 11.9 Å². The fourth-order valence-corrected chi connectivity index (χ4v) is 2.06. The zero-order valence-electron chi connectivity index (χ0n) is 13.0. The minimum absolute atomic E-state index is 0.436. The van der Waals surface area contributed by atoms with Crippen molar-refractivity contribution in [1.29, 1.82) is 0 Å². The van der Waals surface area contributed by atoms with Crippen LogP contribution >= 0.6 is 12.2 Å². The monoisotopic (exact) mass is 325 g/mol. The molecule has 4 nitrogen and oxygen atoms in total. The third-order valence-corrected chi connectivity index (χ3v) is 3.07. The average molecular weight is 325 g/mol. The molecule has 2 N–H and O–H groups in total. The van der Waals surface area contributed by atoms with Crippen LogP contribution in [0.3, 0.4) is 0 Å². The lowest BCUT2D eigenvalue weighted by molar-refractivity contribution is 0.363. The molecule has 118 valence electrons. The summed E-state index contributed by atoms with van der Waals surface area (Å²) in [6, 6.07) is 15.6. The number of hydrazone groups is 1. The van der Waals surface area contributed by atoms with Crippen molar-refractivity contribution in [3.05, 3.63) is 72.3 Å². The van der Waals surface area contributed by atoms with Crippen molar-refractivity contribution in [2.24, 2.45) is 5.10 Å². The SMILES string of the molecule is C=CCOc1cccc(/C=N/NC(=S)Nc2cccc(C)c2)c1. The maximum absolute atomic E-state index is 5.48. The van der Waals surface area contributed by atoms with Gasteiger partial charge in [-0.05, 0) is 54.5 Å². The molecule has 23 heavy (non-hydrogen) atoms. The van der Waals surface area contributed by atoms with Gasteiger partial charge in [-0.15, -0.1) is 0 Å². The van der Waals surface area contributed by atoms with Crippen LogP contribution in [-0.2, 0) is 0 Å². The van der Waals surface area contributed by atoms with Crippen LogP contribution in [0.15, 0.2) is 66.3 Å². The molecule has 0 aromatic heterocycles. The number of anilines is 1. The summed E-state index contributed by atoms with van der Waals surface area (Å²) in [5, 5.41) is 7.64. The predicted molar refractivity (Wildman–Crippen MR) is 100 cm³/mol. The molecule has 5 heteroatoms. The van der Waals surface area contributed by atoms with Crippen LogP contribution < -0.4 is 15.5 Å². The van der Waals surface area contributed by atoms with Gasteiger partial charge in [0.1, 0.15) is 12.4 Å². The number of benzene rings is 2. The molecule has 0 amide bonds. The number of nitrogens with one attached hydrogen (secondary N) is 2. The Bertz CT molecular complexity index is 713. The Kier molecular flexibility index (Phi) is 6.32. The largest absolute Gasteiger partial charge is 0.490 e. The van der Waals surface area contributed by atoms with E-state index < -0.39 is 0 Å². The summed E-state index contributed by atoms with van der Waals surface area (Å²) in [6.07, 6.45) is 3.39. The number of rotatable bonds is 6. The van der Waals surface area contributed by atoms with E-state index in [1.165, 1.54) is 0 Å². The normalized spacial score (nSPS) is 10.3. The van der Waals surface area contributed by atoms with E-state index in [9.17, 15) is 0 Å². The minimum Gasteiger partial charge on any atom is -0.490 e. The van der Waals surface area contributed by atoms with Gasteiger partial charge in [-0.25, -0.2) is 0 Å². The van der Waals surface area contributed by atoms with Gasteiger partial charge in [0.2, 0.25) is 0 Å². The summed E-state index contributed by atoms with van der Waals surface area (Å²) < 4.78 is 5.48. The maximum atomic E-state index is 5.48. The summed E-state index contributed by atoms with van der Waals surface area (Å²) in [7, 11) is 0. The standard InChI is InChI=1S/C18H19N3OS/c1-3-10-22-17-9-5-7-15(12-17)13-19-21-18(23)20-16-8-4-6-14(2)11-16/h3-9,11-13H,1,10H2,2H3,(H2,20,21,23)/b19-13+. The number of ether oxygens (including phenoxy) is 1. The highest BCUT2D eigenvalue weighted by Gasteiger charge is 1.97. The fourth-order valence-electron chi connectivity index (χ4n) is 1.89. The molecule has 0 radical (unpaired) electrons. The smallest absolute Gasteiger partial charge is 0.191 e. The van der Waals surface area contributed by atoms with Crippen molar-refractivity contribution in [2.45, 2.75) is 6.92 Å². The highest BCUT2D eigenvalue weighted by atomic mass is 32.1. The van der Waals surface area contributed by atoms with Gasteiger partial charge in [-0.1, -0.05) is 36.9 Å².